The predicted octanol–water partition coefficient (Wildman–Crippen LogP) is 3.87. The summed E-state index contributed by atoms with van der Waals surface area (Å²) in [5, 5.41) is 11.4. The Morgan fingerprint density at radius 2 is 2.25 bits per heavy atom. The summed E-state index contributed by atoms with van der Waals surface area (Å²) in [6.45, 7) is 2.47. The highest BCUT2D eigenvalue weighted by molar-refractivity contribution is 5.89. The Hall–Kier alpha value is -2.43. The monoisotopic (exact) mass is 341 g/mol. The van der Waals surface area contributed by atoms with Gasteiger partial charge >= 0.3 is 12.2 Å². The number of halogens is 3. The van der Waals surface area contributed by atoms with Crippen LogP contribution < -0.4 is 10.1 Å². The van der Waals surface area contributed by atoms with Gasteiger partial charge in [-0.1, -0.05) is 0 Å². The van der Waals surface area contributed by atoms with Crippen molar-refractivity contribution in [3.05, 3.63) is 23.8 Å². The number of piperidine rings is 1. The molecule has 1 aromatic carbocycles. The Morgan fingerprint density at radius 3 is 2.88 bits per heavy atom. The van der Waals surface area contributed by atoms with E-state index in [1.54, 1.807) is 6.92 Å². The van der Waals surface area contributed by atoms with Crippen LogP contribution in [-0.4, -0.2) is 30.6 Å². The molecule has 0 saturated carbocycles. The summed E-state index contributed by atoms with van der Waals surface area (Å²) >= 11 is 0. The van der Waals surface area contributed by atoms with Gasteiger partial charge in [-0.25, -0.2) is 4.79 Å². The van der Waals surface area contributed by atoms with Gasteiger partial charge in [0.05, 0.1) is 24.2 Å². The Balaban J connectivity index is 2.15. The quantitative estimate of drug-likeness (QED) is 0.907. The summed E-state index contributed by atoms with van der Waals surface area (Å²) < 4.78 is 44.3. The standard InChI is InChI=1S/C16H18F3N3O2/c1-2-24-14-6-5-12(8-13(14)16(17,18)19)21-15(23)22-7-3-4-11(9-20)10-22/h5-6,8,11H,2-4,7,10H2,1H3,(H,21,23)/t11-/m1/s1. The molecule has 1 saturated heterocycles. The molecule has 0 bridgehead atoms. The first-order valence-corrected chi connectivity index (χ1v) is 7.64. The number of hydrogen-bond donors (Lipinski definition) is 1. The van der Waals surface area contributed by atoms with Crippen LogP contribution in [-0.2, 0) is 6.18 Å². The first-order valence-electron chi connectivity index (χ1n) is 7.64. The molecular weight excluding hydrogens is 323 g/mol. The predicted molar refractivity (Wildman–Crippen MR) is 81.5 cm³/mol. The van der Waals surface area contributed by atoms with Crippen molar-refractivity contribution >= 4 is 11.7 Å². The minimum absolute atomic E-state index is 0.0369. The van der Waals surface area contributed by atoms with E-state index >= 15 is 0 Å². The molecule has 1 heterocycles. The topological polar surface area (TPSA) is 65.4 Å². The molecule has 1 aliphatic rings. The highest BCUT2D eigenvalue weighted by Gasteiger charge is 2.35. The second-order valence-electron chi connectivity index (χ2n) is 5.49. The Morgan fingerprint density at radius 1 is 1.50 bits per heavy atom. The van der Waals surface area contributed by atoms with Gasteiger partial charge in [0.15, 0.2) is 0 Å². The fraction of sp³-hybridized carbons (Fsp3) is 0.500. The van der Waals surface area contributed by atoms with Gasteiger partial charge in [0.25, 0.3) is 0 Å². The normalized spacial score (nSPS) is 18.0. The molecule has 0 aromatic heterocycles. The lowest BCUT2D eigenvalue weighted by Gasteiger charge is -2.29. The largest absolute Gasteiger partial charge is 0.493 e. The number of nitriles is 1. The minimum atomic E-state index is -4.58. The second kappa shape index (κ2) is 7.43. The molecule has 1 aromatic rings. The molecular formula is C16H18F3N3O2. The van der Waals surface area contributed by atoms with Crippen LogP contribution in [0.5, 0.6) is 5.75 Å². The number of anilines is 1. The third-order valence-electron chi connectivity index (χ3n) is 3.73. The summed E-state index contributed by atoms with van der Waals surface area (Å²) in [6.07, 6.45) is -3.16. The molecule has 0 radical (unpaired) electrons. The van der Waals surface area contributed by atoms with E-state index in [1.807, 2.05) is 0 Å². The summed E-state index contributed by atoms with van der Waals surface area (Å²) in [5.74, 6) is -0.513. The van der Waals surface area contributed by atoms with Gasteiger partial charge in [-0.05, 0) is 38.0 Å². The van der Waals surface area contributed by atoms with Gasteiger partial charge < -0.3 is 15.0 Å². The number of ether oxygens (including phenoxy) is 1. The summed E-state index contributed by atoms with van der Waals surface area (Å²) in [6, 6.07) is 5.02. The van der Waals surface area contributed by atoms with Gasteiger partial charge in [-0.3, -0.25) is 0 Å². The van der Waals surface area contributed by atoms with E-state index < -0.39 is 17.8 Å². The molecule has 0 spiro atoms. The molecule has 5 nitrogen and oxygen atoms in total. The van der Waals surface area contributed by atoms with E-state index in [9.17, 15) is 18.0 Å². The maximum Gasteiger partial charge on any atom is 0.420 e. The Kier molecular flexibility index (Phi) is 5.54. The highest BCUT2D eigenvalue weighted by Crippen LogP contribution is 2.38. The Bertz CT molecular complexity index is 640. The maximum absolute atomic E-state index is 13.1. The van der Waals surface area contributed by atoms with E-state index in [-0.39, 0.29) is 30.5 Å². The van der Waals surface area contributed by atoms with Gasteiger partial charge in [0, 0.05) is 18.8 Å². The van der Waals surface area contributed by atoms with E-state index in [2.05, 4.69) is 11.4 Å². The molecule has 2 amide bonds. The average molecular weight is 341 g/mol. The number of carbonyl (C=O) groups is 1. The van der Waals surface area contributed by atoms with Crippen molar-refractivity contribution in [3.8, 4) is 11.8 Å². The number of rotatable bonds is 3. The second-order valence-corrected chi connectivity index (χ2v) is 5.49. The third-order valence-corrected chi connectivity index (χ3v) is 3.73. The van der Waals surface area contributed by atoms with Crippen LogP contribution in [0.1, 0.15) is 25.3 Å². The zero-order valence-corrected chi connectivity index (χ0v) is 13.2. The lowest BCUT2D eigenvalue weighted by molar-refractivity contribution is -0.138. The fourth-order valence-corrected chi connectivity index (χ4v) is 2.58. The molecule has 1 N–H and O–H groups in total. The van der Waals surface area contributed by atoms with Crippen molar-refractivity contribution in [1.29, 1.82) is 5.26 Å². The number of likely N-dealkylation sites (tertiary alicyclic amines) is 1. The van der Waals surface area contributed by atoms with Crippen molar-refractivity contribution in [2.45, 2.75) is 25.9 Å². The van der Waals surface area contributed by atoms with Gasteiger partial charge in [0.2, 0.25) is 0 Å². The molecule has 0 unspecified atom stereocenters. The Labute approximate surface area is 138 Å². The van der Waals surface area contributed by atoms with Crippen LogP contribution in [0.4, 0.5) is 23.7 Å². The van der Waals surface area contributed by atoms with E-state index in [4.69, 9.17) is 10.00 Å². The molecule has 8 heteroatoms. The van der Waals surface area contributed by atoms with Gasteiger partial charge in [-0.15, -0.1) is 0 Å². The van der Waals surface area contributed by atoms with Crippen LogP contribution in [0.15, 0.2) is 18.2 Å². The number of amides is 2. The number of nitrogens with zero attached hydrogens (tertiary/aromatic N) is 2. The lowest BCUT2D eigenvalue weighted by Crippen LogP contribution is -2.42. The highest BCUT2D eigenvalue weighted by atomic mass is 19.4. The summed E-state index contributed by atoms with van der Waals surface area (Å²) in [7, 11) is 0. The molecule has 0 aliphatic carbocycles. The molecule has 24 heavy (non-hydrogen) atoms. The zero-order valence-electron chi connectivity index (χ0n) is 13.2. The van der Waals surface area contributed by atoms with Gasteiger partial charge in [-0.2, -0.15) is 18.4 Å². The molecule has 2 rings (SSSR count). The summed E-state index contributed by atoms with van der Waals surface area (Å²) in [4.78, 5) is 13.6. The first kappa shape index (κ1) is 17.9. The van der Waals surface area contributed by atoms with E-state index in [0.717, 1.165) is 12.5 Å². The smallest absolute Gasteiger partial charge is 0.420 e. The molecule has 1 atom stereocenters. The summed E-state index contributed by atoms with van der Waals surface area (Å²) in [5.41, 5.74) is -0.898. The maximum atomic E-state index is 13.1. The third kappa shape index (κ3) is 4.31. The van der Waals surface area contributed by atoms with Gasteiger partial charge in [0.1, 0.15) is 5.75 Å². The van der Waals surface area contributed by atoms with Crippen molar-refractivity contribution in [3.63, 3.8) is 0 Å². The SMILES string of the molecule is CCOc1ccc(NC(=O)N2CCC[C@H](C#N)C2)cc1C(F)(F)F. The van der Waals surface area contributed by atoms with E-state index in [1.165, 1.54) is 17.0 Å². The molecule has 1 aliphatic heterocycles. The van der Waals surface area contributed by atoms with Crippen molar-refractivity contribution in [2.24, 2.45) is 5.92 Å². The fourth-order valence-electron chi connectivity index (χ4n) is 2.58. The average Bonchev–Trinajstić information content (AvgIpc) is 2.55. The number of carbonyl (C=O) groups excluding carboxylic acids is 1. The van der Waals surface area contributed by atoms with Crippen LogP contribution in [0, 0.1) is 17.2 Å². The van der Waals surface area contributed by atoms with Crippen LogP contribution >= 0.6 is 0 Å². The lowest BCUT2D eigenvalue weighted by atomic mass is 10.0. The van der Waals surface area contributed by atoms with Crippen LogP contribution in [0.3, 0.4) is 0 Å². The van der Waals surface area contributed by atoms with Crippen molar-refractivity contribution < 1.29 is 22.7 Å². The number of alkyl halides is 3. The number of hydrogen-bond acceptors (Lipinski definition) is 3. The van der Waals surface area contributed by atoms with Crippen molar-refractivity contribution in [1.82, 2.24) is 4.90 Å². The van der Waals surface area contributed by atoms with E-state index in [0.29, 0.717) is 13.0 Å². The number of benzene rings is 1. The number of urea groups is 1. The first-order chi connectivity index (χ1) is 11.3. The van der Waals surface area contributed by atoms with Crippen LogP contribution in [0.25, 0.3) is 0 Å². The minimum Gasteiger partial charge on any atom is -0.493 e. The zero-order chi connectivity index (χ0) is 17.7. The molecule has 130 valence electrons. The van der Waals surface area contributed by atoms with Crippen LogP contribution in [0.2, 0.25) is 0 Å². The van der Waals surface area contributed by atoms with Crippen molar-refractivity contribution in [2.75, 3.05) is 25.0 Å². The number of nitrogens with one attached hydrogen (secondary N) is 1. The molecule has 1 fully saturated rings.